The van der Waals surface area contributed by atoms with E-state index in [9.17, 15) is 4.79 Å². The van der Waals surface area contributed by atoms with Crippen LogP contribution in [0.3, 0.4) is 0 Å². The number of pyridine rings is 1. The van der Waals surface area contributed by atoms with E-state index in [0.717, 1.165) is 19.1 Å². The second kappa shape index (κ2) is 8.59. The summed E-state index contributed by atoms with van der Waals surface area (Å²) in [5, 5.41) is 6.48. The third-order valence-corrected chi connectivity index (χ3v) is 1.24. The van der Waals surface area contributed by atoms with Crippen LogP contribution in [0.5, 0.6) is 0 Å². The van der Waals surface area contributed by atoms with E-state index in [-0.39, 0.29) is 0 Å². The standard InChI is InChI=1S/C6H5NO.C4H9N/c8-5-6-3-1-2-4-7-6;1-2-3-4-5/h1-5H;4-5H,2-3H2,1H3. The number of nitrogens with zero attached hydrogens (tertiary/aromatic N) is 1. The van der Waals surface area contributed by atoms with Crippen LogP contribution in [0.1, 0.15) is 30.3 Å². The van der Waals surface area contributed by atoms with Crippen LogP contribution in [0.25, 0.3) is 0 Å². The van der Waals surface area contributed by atoms with Gasteiger partial charge in [-0.3, -0.25) is 9.78 Å². The van der Waals surface area contributed by atoms with Gasteiger partial charge < -0.3 is 5.41 Å². The zero-order chi connectivity index (χ0) is 9.94. The van der Waals surface area contributed by atoms with Crippen molar-refractivity contribution >= 4 is 12.5 Å². The molecule has 0 radical (unpaired) electrons. The van der Waals surface area contributed by atoms with E-state index in [1.807, 2.05) is 0 Å². The monoisotopic (exact) mass is 178 g/mol. The highest BCUT2D eigenvalue weighted by molar-refractivity contribution is 5.71. The van der Waals surface area contributed by atoms with E-state index in [1.54, 1.807) is 24.4 Å². The molecule has 0 aliphatic carbocycles. The molecule has 0 saturated heterocycles. The molecule has 1 heterocycles. The minimum atomic E-state index is 0.479. The Morgan fingerprint density at radius 2 is 2.31 bits per heavy atom. The van der Waals surface area contributed by atoms with Gasteiger partial charge in [0.15, 0.2) is 6.29 Å². The van der Waals surface area contributed by atoms with Crippen LogP contribution in [-0.4, -0.2) is 17.5 Å². The Morgan fingerprint density at radius 1 is 1.54 bits per heavy atom. The molecule has 1 aromatic heterocycles. The molecule has 0 fully saturated rings. The van der Waals surface area contributed by atoms with Crippen molar-refractivity contribution in [1.82, 2.24) is 4.98 Å². The van der Waals surface area contributed by atoms with E-state index in [2.05, 4.69) is 11.9 Å². The minimum absolute atomic E-state index is 0.479. The number of hydrogen-bond donors (Lipinski definition) is 1. The molecule has 1 N–H and O–H groups in total. The van der Waals surface area contributed by atoms with Gasteiger partial charge in [-0.05, 0) is 24.8 Å². The number of carbonyl (C=O) groups excluding carboxylic acids is 1. The predicted molar refractivity (Wildman–Crippen MR) is 53.3 cm³/mol. The summed E-state index contributed by atoms with van der Waals surface area (Å²) in [6, 6.07) is 5.21. The van der Waals surface area contributed by atoms with Gasteiger partial charge in [0, 0.05) is 6.20 Å². The fourth-order valence-electron chi connectivity index (χ4n) is 0.590. The van der Waals surface area contributed by atoms with Crippen molar-refractivity contribution in [1.29, 1.82) is 5.41 Å². The molecule has 0 aliphatic rings. The van der Waals surface area contributed by atoms with Crippen molar-refractivity contribution < 1.29 is 4.79 Å². The Hall–Kier alpha value is -1.51. The fraction of sp³-hybridized carbons (Fsp3) is 0.300. The molecule has 0 aromatic carbocycles. The SMILES string of the molecule is CCCC=N.O=Cc1ccccn1. The number of carbonyl (C=O) groups is 1. The van der Waals surface area contributed by atoms with Crippen molar-refractivity contribution in [3.05, 3.63) is 30.1 Å². The van der Waals surface area contributed by atoms with Crippen LogP contribution in [0, 0.1) is 5.41 Å². The van der Waals surface area contributed by atoms with Crippen molar-refractivity contribution in [2.75, 3.05) is 0 Å². The summed E-state index contributed by atoms with van der Waals surface area (Å²) in [4.78, 5) is 13.7. The zero-order valence-corrected chi connectivity index (χ0v) is 7.73. The predicted octanol–water partition coefficient (Wildman–Crippen LogP) is 2.33. The Bertz CT molecular complexity index is 234. The molecule has 70 valence electrons. The molecule has 1 rings (SSSR count). The minimum Gasteiger partial charge on any atom is -0.313 e. The topological polar surface area (TPSA) is 53.8 Å². The average Bonchev–Trinajstić information content (AvgIpc) is 2.21. The van der Waals surface area contributed by atoms with Crippen LogP contribution in [0.2, 0.25) is 0 Å². The summed E-state index contributed by atoms with van der Waals surface area (Å²) >= 11 is 0. The van der Waals surface area contributed by atoms with Gasteiger partial charge in [0.1, 0.15) is 5.69 Å². The molecule has 1 aromatic rings. The lowest BCUT2D eigenvalue weighted by molar-refractivity contribution is 0.111. The normalized spacial score (nSPS) is 8.08. The van der Waals surface area contributed by atoms with Gasteiger partial charge in [-0.15, -0.1) is 0 Å². The Kier molecular flexibility index (Phi) is 7.59. The highest BCUT2D eigenvalue weighted by Crippen LogP contribution is 1.85. The van der Waals surface area contributed by atoms with Gasteiger partial charge in [0.25, 0.3) is 0 Å². The summed E-state index contributed by atoms with van der Waals surface area (Å²) in [6.45, 7) is 2.06. The molecular weight excluding hydrogens is 164 g/mol. The quantitative estimate of drug-likeness (QED) is 0.570. The first kappa shape index (κ1) is 11.5. The Labute approximate surface area is 78.3 Å². The molecule has 0 atom stereocenters. The van der Waals surface area contributed by atoms with E-state index in [4.69, 9.17) is 5.41 Å². The Balaban J connectivity index is 0.000000252. The third kappa shape index (κ3) is 6.87. The summed E-state index contributed by atoms with van der Waals surface area (Å²) in [6.07, 6.45) is 5.77. The first-order chi connectivity index (χ1) is 6.35. The second-order valence-corrected chi connectivity index (χ2v) is 2.37. The van der Waals surface area contributed by atoms with Gasteiger partial charge in [-0.25, -0.2) is 0 Å². The lowest BCUT2D eigenvalue weighted by Crippen LogP contribution is -1.80. The van der Waals surface area contributed by atoms with Crippen molar-refractivity contribution in [3.8, 4) is 0 Å². The number of unbranched alkanes of at least 4 members (excludes halogenated alkanes) is 1. The highest BCUT2D eigenvalue weighted by atomic mass is 16.1. The fourth-order valence-corrected chi connectivity index (χ4v) is 0.590. The van der Waals surface area contributed by atoms with E-state index in [0.29, 0.717) is 5.69 Å². The number of nitrogens with one attached hydrogen (secondary N) is 1. The van der Waals surface area contributed by atoms with Gasteiger partial charge in [-0.2, -0.15) is 0 Å². The van der Waals surface area contributed by atoms with Crippen LogP contribution in [0.15, 0.2) is 24.4 Å². The highest BCUT2D eigenvalue weighted by Gasteiger charge is 1.81. The maximum absolute atomic E-state index is 9.94. The first-order valence-corrected chi connectivity index (χ1v) is 4.20. The second-order valence-electron chi connectivity index (χ2n) is 2.37. The Morgan fingerprint density at radius 3 is 2.54 bits per heavy atom. The third-order valence-electron chi connectivity index (χ3n) is 1.24. The molecule has 0 aliphatic heterocycles. The van der Waals surface area contributed by atoms with Crippen LogP contribution in [0.4, 0.5) is 0 Å². The summed E-state index contributed by atoms with van der Waals surface area (Å²) in [7, 11) is 0. The maximum Gasteiger partial charge on any atom is 0.168 e. The number of aromatic nitrogens is 1. The van der Waals surface area contributed by atoms with E-state index >= 15 is 0 Å². The molecule has 13 heavy (non-hydrogen) atoms. The first-order valence-electron chi connectivity index (χ1n) is 4.20. The van der Waals surface area contributed by atoms with Gasteiger partial charge in [-0.1, -0.05) is 19.4 Å². The van der Waals surface area contributed by atoms with E-state index in [1.165, 1.54) is 6.21 Å². The van der Waals surface area contributed by atoms with Crippen molar-refractivity contribution in [2.45, 2.75) is 19.8 Å². The summed E-state index contributed by atoms with van der Waals surface area (Å²) < 4.78 is 0. The summed E-state index contributed by atoms with van der Waals surface area (Å²) in [5.74, 6) is 0. The smallest absolute Gasteiger partial charge is 0.168 e. The van der Waals surface area contributed by atoms with Gasteiger partial charge in [0.05, 0.1) is 0 Å². The molecule has 0 bridgehead atoms. The lowest BCUT2D eigenvalue weighted by atomic mass is 10.4. The molecule has 0 amide bonds. The van der Waals surface area contributed by atoms with Gasteiger partial charge >= 0.3 is 0 Å². The summed E-state index contributed by atoms with van der Waals surface area (Å²) in [5.41, 5.74) is 0.479. The molecule has 0 saturated carbocycles. The van der Waals surface area contributed by atoms with Crippen molar-refractivity contribution in [3.63, 3.8) is 0 Å². The van der Waals surface area contributed by atoms with Crippen molar-refractivity contribution in [2.24, 2.45) is 0 Å². The zero-order valence-electron chi connectivity index (χ0n) is 7.73. The van der Waals surface area contributed by atoms with Crippen LogP contribution >= 0.6 is 0 Å². The molecule has 0 unspecified atom stereocenters. The molecule has 0 spiro atoms. The number of aldehydes is 1. The van der Waals surface area contributed by atoms with Gasteiger partial charge in [0.2, 0.25) is 0 Å². The maximum atomic E-state index is 9.94. The molecule has 3 nitrogen and oxygen atoms in total. The number of rotatable bonds is 3. The average molecular weight is 178 g/mol. The van der Waals surface area contributed by atoms with Crippen LogP contribution < -0.4 is 0 Å². The molecular formula is C10H14N2O. The largest absolute Gasteiger partial charge is 0.313 e. The number of hydrogen-bond acceptors (Lipinski definition) is 3. The molecule has 3 heteroatoms. The lowest BCUT2D eigenvalue weighted by Gasteiger charge is -1.81. The van der Waals surface area contributed by atoms with E-state index < -0.39 is 0 Å². The van der Waals surface area contributed by atoms with Crippen LogP contribution in [-0.2, 0) is 0 Å².